The Balaban J connectivity index is 0.000000331. The van der Waals surface area contributed by atoms with Crippen molar-refractivity contribution in [2.24, 2.45) is 5.92 Å². The summed E-state index contributed by atoms with van der Waals surface area (Å²) in [6, 6.07) is 10.7. The Kier molecular flexibility index (Phi) is 8.09. The number of aliphatic carboxylic acids is 2. The molecule has 3 N–H and O–H groups in total. The van der Waals surface area contributed by atoms with Gasteiger partial charge in [0.25, 0.3) is 0 Å². The summed E-state index contributed by atoms with van der Waals surface area (Å²) in [7, 11) is 0. The molecule has 0 saturated carbocycles. The molecule has 0 amide bonds. The Morgan fingerprint density at radius 1 is 1.15 bits per heavy atom. The number of fused-ring (bicyclic) bond motifs is 1. The van der Waals surface area contributed by atoms with E-state index in [2.05, 4.69) is 10.4 Å². The standard InChI is InChI=1S/C19H19F2N3O.C4H4O4/c20-14-7-8-17-15(10-14)19(25-12-13-4-3-9-22-11-13)23-24(17)18-6-2-1-5-16(18)21;5-3(6)1-2-4(7)8/h1-2,5-8,10,13,22H,3-4,9,11-12H2;1-2H,(H,5,6)(H,7,8)/b;2-1-/t13-;/m1./s1. The topological polar surface area (TPSA) is 114 Å². The van der Waals surface area contributed by atoms with E-state index in [0.717, 1.165) is 25.9 Å². The van der Waals surface area contributed by atoms with Crippen LogP contribution in [-0.2, 0) is 9.59 Å². The predicted molar refractivity (Wildman–Crippen MR) is 116 cm³/mol. The summed E-state index contributed by atoms with van der Waals surface area (Å²) in [4.78, 5) is 19.1. The second-order valence-electron chi connectivity index (χ2n) is 7.36. The highest BCUT2D eigenvalue weighted by Crippen LogP contribution is 2.29. The zero-order chi connectivity index (χ0) is 23.8. The van der Waals surface area contributed by atoms with Crippen molar-refractivity contribution in [2.45, 2.75) is 12.8 Å². The maximum atomic E-state index is 14.2. The molecule has 10 heteroatoms. The van der Waals surface area contributed by atoms with Gasteiger partial charge >= 0.3 is 11.9 Å². The first-order chi connectivity index (χ1) is 15.8. The third-order valence-electron chi connectivity index (χ3n) is 4.91. The molecule has 1 saturated heterocycles. The number of hydrogen-bond acceptors (Lipinski definition) is 5. The lowest BCUT2D eigenvalue weighted by Gasteiger charge is -2.22. The van der Waals surface area contributed by atoms with Crippen LogP contribution in [0.5, 0.6) is 5.88 Å². The molecule has 8 nitrogen and oxygen atoms in total. The first-order valence-corrected chi connectivity index (χ1v) is 10.3. The van der Waals surface area contributed by atoms with E-state index in [0.29, 0.717) is 47.1 Å². The Bertz CT molecular complexity index is 1140. The number of para-hydroxylation sites is 1. The van der Waals surface area contributed by atoms with E-state index in [9.17, 15) is 18.4 Å². The second kappa shape index (κ2) is 11.2. The number of nitrogens with zero attached hydrogens (tertiary/aromatic N) is 2. The quantitative estimate of drug-likeness (QED) is 0.484. The van der Waals surface area contributed by atoms with Gasteiger partial charge in [-0.15, -0.1) is 5.10 Å². The molecule has 1 aliphatic rings. The van der Waals surface area contributed by atoms with Gasteiger partial charge in [-0.25, -0.2) is 23.1 Å². The molecule has 174 valence electrons. The van der Waals surface area contributed by atoms with Crippen LogP contribution in [0.3, 0.4) is 0 Å². The van der Waals surface area contributed by atoms with Crippen LogP contribution in [0.15, 0.2) is 54.6 Å². The summed E-state index contributed by atoms with van der Waals surface area (Å²) in [6.07, 6.45) is 3.32. The minimum Gasteiger partial charge on any atom is -0.478 e. The summed E-state index contributed by atoms with van der Waals surface area (Å²) >= 11 is 0. The summed E-state index contributed by atoms with van der Waals surface area (Å²) in [5, 5.41) is 23.9. The number of rotatable bonds is 6. The predicted octanol–water partition coefficient (Wildman–Crippen LogP) is 3.39. The number of hydrogen-bond donors (Lipinski definition) is 3. The van der Waals surface area contributed by atoms with Crippen LogP contribution in [0.4, 0.5) is 8.78 Å². The van der Waals surface area contributed by atoms with Crippen LogP contribution >= 0.6 is 0 Å². The zero-order valence-corrected chi connectivity index (χ0v) is 17.6. The van der Waals surface area contributed by atoms with Gasteiger partial charge in [0.15, 0.2) is 0 Å². The van der Waals surface area contributed by atoms with Gasteiger partial charge in [-0.05, 0) is 49.7 Å². The number of ether oxygens (including phenoxy) is 1. The van der Waals surface area contributed by atoms with Crippen molar-refractivity contribution >= 4 is 22.8 Å². The van der Waals surface area contributed by atoms with Crippen molar-refractivity contribution in [2.75, 3.05) is 19.7 Å². The summed E-state index contributed by atoms with van der Waals surface area (Å²) < 4.78 is 35.3. The third-order valence-corrected chi connectivity index (χ3v) is 4.91. The number of halogens is 2. The normalized spacial score (nSPS) is 15.8. The van der Waals surface area contributed by atoms with Gasteiger partial charge in [-0.2, -0.15) is 0 Å². The first-order valence-electron chi connectivity index (χ1n) is 10.3. The maximum absolute atomic E-state index is 14.2. The Hall–Kier alpha value is -3.79. The van der Waals surface area contributed by atoms with Crippen LogP contribution in [0.2, 0.25) is 0 Å². The van der Waals surface area contributed by atoms with Crippen molar-refractivity contribution in [3.63, 3.8) is 0 Å². The highest BCUT2D eigenvalue weighted by molar-refractivity contribution is 5.89. The van der Waals surface area contributed by atoms with Crippen molar-refractivity contribution in [3.8, 4) is 11.6 Å². The van der Waals surface area contributed by atoms with Gasteiger partial charge in [-0.3, -0.25) is 0 Å². The molecule has 1 aliphatic heterocycles. The van der Waals surface area contributed by atoms with Crippen LogP contribution in [0, 0.1) is 17.6 Å². The Labute approximate surface area is 188 Å². The number of carboxylic acids is 2. The number of carbonyl (C=O) groups is 2. The van der Waals surface area contributed by atoms with Gasteiger partial charge < -0.3 is 20.3 Å². The van der Waals surface area contributed by atoms with E-state index in [4.69, 9.17) is 14.9 Å². The van der Waals surface area contributed by atoms with E-state index in [1.54, 1.807) is 24.3 Å². The molecule has 3 aromatic rings. The minimum absolute atomic E-state index is 0.313. The van der Waals surface area contributed by atoms with Gasteiger partial charge in [0.1, 0.15) is 17.3 Å². The van der Waals surface area contributed by atoms with Crippen LogP contribution in [-0.4, -0.2) is 51.6 Å². The molecular formula is C23H23F2N3O5. The average molecular weight is 459 g/mol. The number of carboxylic acid groups (broad SMARTS) is 2. The second-order valence-corrected chi connectivity index (χ2v) is 7.36. The van der Waals surface area contributed by atoms with Crippen LogP contribution in [0.1, 0.15) is 12.8 Å². The molecule has 0 radical (unpaired) electrons. The Morgan fingerprint density at radius 3 is 2.52 bits per heavy atom. The molecular weight excluding hydrogens is 436 g/mol. The molecule has 1 atom stereocenters. The average Bonchev–Trinajstić information content (AvgIpc) is 3.15. The molecule has 0 bridgehead atoms. The zero-order valence-electron chi connectivity index (χ0n) is 17.6. The van der Waals surface area contributed by atoms with Crippen molar-refractivity contribution in [3.05, 3.63) is 66.3 Å². The van der Waals surface area contributed by atoms with Crippen LogP contribution < -0.4 is 10.1 Å². The molecule has 1 aromatic heterocycles. The largest absolute Gasteiger partial charge is 0.478 e. The monoisotopic (exact) mass is 459 g/mol. The smallest absolute Gasteiger partial charge is 0.328 e. The first kappa shape index (κ1) is 23.9. The number of aromatic nitrogens is 2. The van der Waals surface area contributed by atoms with Crippen molar-refractivity contribution < 1.29 is 33.3 Å². The van der Waals surface area contributed by atoms with Gasteiger partial charge in [0.05, 0.1) is 17.5 Å². The van der Waals surface area contributed by atoms with Crippen molar-refractivity contribution in [1.82, 2.24) is 15.1 Å². The minimum atomic E-state index is -1.26. The van der Waals surface area contributed by atoms with Gasteiger partial charge in [-0.1, -0.05) is 12.1 Å². The number of benzene rings is 2. The highest BCUT2D eigenvalue weighted by atomic mass is 19.1. The SMILES string of the molecule is Fc1ccc2c(c1)c(OC[C@@H]1CCCNC1)nn2-c1ccccc1F.O=C(O)/C=C\C(=O)O. The summed E-state index contributed by atoms with van der Waals surface area (Å²) in [5.74, 6) is -2.54. The lowest BCUT2D eigenvalue weighted by molar-refractivity contribution is -0.134. The molecule has 1 fully saturated rings. The molecule has 4 rings (SSSR count). The lowest BCUT2D eigenvalue weighted by Crippen LogP contribution is -2.33. The molecule has 0 spiro atoms. The third kappa shape index (κ3) is 6.59. The van der Waals surface area contributed by atoms with Crippen LogP contribution in [0.25, 0.3) is 16.6 Å². The summed E-state index contributed by atoms with van der Waals surface area (Å²) in [5.41, 5.74) is 0.927. The Morgan fingerprint density at radius 2 is 1.88 bits per heavy atom. The fourth-order valence-corrected chi connectivity index (χ4v) is 3.38. The van der Waals surface area contributed by atoms with E-state index in [-0.39, 0.29) is 11.6 Å². The number of nitrogens with one attached hydrogen (secondary N) is 1. The molecule has 2 aromatic carbocycles. The van der Waals surface area contributed by atoms with Crippen molar-refractivity contribution in [1.29, 1.82) is 0 Å². The van der Waals surface area contributed by atoms with E-state index in [1.165, 1.54) is 22.9 Å². The molecule has 0 aliphatic carbocycles. The van der Waals surface area contributed by atoms with Gasteiger partial charge in [0, 0.05) is 24.6 Å². The summed E-state index contributed by atoms with van der Waals surface area (Å²) in [6.45, 7) is 2.44. The number of piperidine rings is 1. The molecule has 2 heterocycles. The maximum Gasteiger partial charge on any atom is 0.328 e. The van der Waals surface area contributed by atoms with Gasteiger partial charge in [0.2, 0.25) is 5.88 Å². The lowest BCUT2D eigenvalue weighted by atomic mass is 10.0. The highest BCUT2D eigenvalue weighted by Gasteiger charge is 2.19. The molecule has 33 heavy (non-hydrogen) atoms. The fraction of sp³-hybridized carbons (Fsp3) is 0.261. The van der Waals surface area contributed by atoms with E-state index in [1.807, 2.05) is 0 Å². The fourth-order valence-electron chi connectivity index (χ4n) is 3.38. The van der Waals surface area contributed by atoms with E-state index < -0.39 is 11.9 Å². The van der Waals surface area contributed by atoms with E-state index >= 15 is 0 Å². The molecule has 0 unspecified atom stereocenters.